The van der Waals surface area contributed by atoms with Crippen LogP contribution >= 0.6 is 0 Å². The third-order valence-electron chi connectivity index (χ3n) is 7.12. The van der Waals surface area contributed by atoms with E-state index >= 15 is 4.39 Å². The molecule has 1 aromatic heterocycles. The molecule has 7 heteroatoms. The van der Waals surface area contributed by atoms with E-state index in [1.807, 2.05) is 11.8 Å². The molecule has 0 spiro atoms. The van der Waals surface area contributed by atoms with Crippen LogP contribution in [0.5, 0.6) is 5.75 Å². The Labute approximate surface area is 178 Å². The largest absolute Gasteiger partial charge is 0.507 e. The van der Waals surface area contributed by atoms with E-state index in [-0.39, 0.29) is 34.3 Å². The number of nitrogens with zero attached hydrogens (tertiary/aromatic N) is 2. The predicted octanol–water partition coefficient (Wildman–Crippen LogP) is 5.09. The molecule has 0 unspecified atom stereocenters. The Balaban J connectivity index is 1.72. The monoisotopic (exact) mass is 432 g/mol. The Morgan fingerprint density at radius 3 is 2.47 bits per heavy atom. The standard InChI is InChI=1S/C23H33FN2O3Si/c1-14-21-17(19(27)12-20(28)26(21)15-7-8-15)11-18(24)22(14)25-10-9-16(13-25)29-30(5,6)23(2,3)4/h11-12,15-16,27H,7-10,13H2,1-6H3/t16-/m0/s1. The highest BCUT2D eigenvalue weighted by molar-refractivity contribution is 6.74. The molecule has 2 heterocycles. The Morgan fingerprint density at radius 2 is 1.87 bits per heavy atom. The molecule has 0 amide bonds. The van der Waals surface area contributed by atoms with Crippen LogP contribution in [0.3, 0.4) is 0 Å². The van der Waals surface area contributed by atoms with Gasteiger partial charge in [0.2, 0.25) is 0 Å². The number of hydrogen-bond acceptors (Lipinski definition) is 4. The van der Waals surface area contributed by atoms with Crippen LogP contribution in [0.15, 0.2) is 16.9 Å². The minimum Gasteiger partial charge on any atom is -0.507 e. The Kier molecular flexibility index (Phi) is 5.05. The minimum absolute atomic E-state index is 0.0789. The first-order valence-electron chi connectivity index (χ1n) is 10.9. The van der Waals surface area contributed by atoms with E-state index in [9.17, 15) is 9.90 Å². The van der Waals surface area contributed by atoms with E-state index in [2.05, 4.69) is 33.9 Å². The lowest BCUT2D eigenvalue weighted by molar-refractivity contribution is 0.202. The van der Waals surface area contributed by atoms with Gasteiger partial charge in [-0.2, -0.15) is 0 Å². The van der Waals surface area contributed by atoms with Gasteiger partial charge in [-0.05, 0) is 55.9 Å². The first kappa shape index (κ1) is 21.4. The van der Waals surface area contributed by atoms with Crippen molar-refractivity contribution in [1.82, 2.24) is 4.57 Å². The Bertz CT molecular complexity index is 1050. The molecule has 2 aromatic rings. The van der Waals surface area contributed by atoms with Gasteiger partial charge in [0.25, 0.3) is 5.56 Å². The van der Waals surface area contributed by atoms with Gasteiger partial charge in [-0.25, -0.2) is 4.39 Å². The van der Waals surface area contributed by atoms with Crippen molar-refractivity contribution in [3.63, 3.8) is 0 Å². The van der Waals surface area contributed by atoms with Crippen molar-refractivity contribution in [1.29, 1.82) is 0 Å². The van der Waals surface area contributed by atoms with E-state index < -0.39 is 8.32 Å². The molecule has 0 bridgehead atoms. The summed E-state index contributed by atoms with van der Waals surface area (Å²) in [6.07, 6.45) is 2.82. The number of pyridine rings is 1. The number of halogens is 1. The molecule has 1 atom stereocenters. The molecule has 0 radical (unpaired) electrons. The fraction of sp³-hybridized carbons (Fsp3) is 0.609. The van der Waals surface area contributed by atoms with Crippen LogP contribution in [0.25, 0.3) is 10.9 Å². The van der Waals surface area contributed by atoms with Gasteiger partial charge in [-0.1, -0.05) is 20.8 Å². The maximum Gasteiger partial charge on any atom is 0.255 e. The van der Waals surface area contributed by atoms with Gasteiger partial charge in [-0.3, -0.25) is 4.79 Å². The average molecular weight is 433 g/mol. The van der Waals surface area contributed by atoms with Crippen LogP contribution in [0.2, 0.25) is 18.1 Å². The van der Waals surface area contributed by atoms with Crippen molar-refractivity contribution in [3.05, 3.63) is 33.9 Å². The number of aromatic hydroxyl groups is 1. The lowest BCUT2D eigenvalue weighted by Crippen LogP contribution is -2.44. The fourth-order valence-electron chi connectivity index (χ4n) is 4.34. The number of rotatable bonds is 4. The molecule has 1 aromatic carbocycles. The van der Waals surface area contributed by atoms with Crippen molar-refractivity contribution in [2.45, 2.75) is 77.2 Å². The minimum atomic E-state index is -1.90. The molecule has 2 fully saturated rings. The summed E-state index contributed by atoms with van der Waals surface area (Å²) in [6.45, 7) is 14.4. The topological polar surface area (TPSA) is 54.7 Å². The summed E-state index contributed by atoms with van der Waals surface area (Å²) in [5.74, 6) is -0.509. The molecule has 5 nitrogen and oxygen atoms in total. The average Bonchev–Trinajstić information content (AvgIpc) is 3.35. The van der Waals surface area contributed by atoms with Gasteiger partial charge in [-0.15, -0.1) is 0 Å². The lowest BCUT2D eigenvalue weighted by Gasteiger charge is -2.38. The quantitative estimate of drug-likeness (QED) is 0.684. The third-order valence-corrected chi connectivity index (χ3v) is 11.7. The Morgan fingerprint density at radius 1 is 1.20 bits per heavy atom. The maximum absolute atomic E-state index is 15.2. The number of fused-ring (bicyclic) bond motifs is 1. The number of aryl methyl sites for hydroxylation is 1. The maximum atomic E-state index is 15.2. The Hall–Kier alpha value is -1.86. The molecule has 1 aliphatic heterocycles. The van der Waals surface area contributed by atoms with Crippen LogP contribution in [-0.2, 0) is 4.43 Å². The van der Waals surface area contributed by atoms with E-state index in [1.54, 1.807) is 4.57 Å². The lowest BCUT2D eigenvalue weighted by atomic mass is 10.1. The zero-order chi connectivity index (χ0) is 22.0. The summed E-state index contributed by atoms with van der Waals surface area (Å²) in [5, 5.41) is 10.9. The number of hydrogen-bond donors (Lipinski definition) is 1. The molecule has 1 aliphatic carbocycles. The van der Waals surface area contributed by atoms with Gasteiger partial charge >= 0.3 is 0 Å². The molecule has 2 aliphatic rings. The van der Waals surface area contributed by atoms with Gasteiger partial charge in [0.1, 0.15) is 11.6 Å². The number of benzene rings is 1. The van der Waals surface area contributed by atoms with Crippen LogP contribution in [-0.4, -0.2) is 37.2 Å². The van der Waals surface area contributed by atoms with Crippen LogP contribution in [0.4, 0.5) is 10.1 Å². The second kappa shape index (κ2) is 7.09. The smallest absolute Gasteiger partial charge is 0.255 e. The van der Waals surface area contributed by atoms with E-state index in [0.717, 1.165) is 31.4 Å². The summed E-state index contributed by atoms with van der Waals surface area (Å²) in [4.78, 5) is 14.6. The van der Waals surface area contributed by atoms with Gasteiger partial charge in [0.05, 0.1) is 17.3 Å². The zero-order valence-electron chi connectivity index (χ0n) is 18.9. The fourth-order valence-corrected chi connectivity index (χ4v) is 5.72. The molecule has 1 N–H and O–H groups in total. The molecule has 4 rings (SSSR count). The summed E-state index contributed by atoms with van der Waals surface area (Å²) >= 11 is 0. The summed E-state index contributed by atoms with van der Waals surface area (Å²) in [7, 11) is -1.90. The highest BCUT2D eigenvalue weighted by Gasteiger charge is 2.41. The van der Waals surface area contributed by atoms with Gasteiger partial charge in [0.15, 0.2) is 8.32 Å². The van der Waals surface area contributed by atoms with E-state index in [0.29, 0.717) is 23.1 Å². The summed E-state index contributed by atoms with van der Waals surface area (Å²) in [6, 6.07) is 2.73. The van der Waals surface area contributed by atoms with Crippen molar-refractivity contribution in [3.8, 4) is 5.75 Å². The molecule has 1 saturated carbocycles. The molecule has 30 heavy (non-hydrogen) atoms. The highest BCUT2D eigenvalue weighted by atomic mass is 28.4. The van der Waals surface area contributed by atoms with Crippen LogP contribution < -0.4 is 10.5 Å². The third kappa shape index (κ3) is 3.56. The number of anilines is 1. The highest BCUT2D eigenvalue weighted by Crippen LogP contribution is 2.42. The summed E-state index contributed by atoms with van der Waals surface area (Å²) in [5.41, 5.74) is 1.69. The first-order chi connectivity index (χ1) is 13.9. The SMILES string of the molecule is Cc1c(N2CC[C@H](O[Si](C)(C)C(C)(C)C)C2)c(F)cc2c(O)cc(=O)n(C3CC3)c12. The summed E-state index contributed by atoms with van der Waals surface area (Å²) < 4.78 is 23.6. The number of aromatic nitrogens is 1. The van der Waals surface area contributed by atoms with Crippen molar-refractivity contribution in [2.75, 3.05) is 18.0 Å². The zero-order valence-corrected chi connectivity index (χ0v) is 19.9. The van der Waals surface area contributed by atoms with Gasteiger partial charge in [0, 0.05) is 30.6 Å². The van der Waals surface area contributed by atoms with E-state index in [4.69, 9.17) is 4.43 Å². The molecular weight excluding hydrogens is 399 g/mol. The molecular formula is C23H33FN2O3Si. The predicted molar refractivity (Wildman–Crippen MR) is 122 cm³/mol. The van der Waals surface area contributed by atoms with Crippen molar-refractivity contribution >= 4 is 24.9 Å². The van der Waals surface area contributed by atoms with Crippen LogP contribution in [0, 0.1) is 12.7 Å². The normalized spacial score (nSPS) is 20.4. The van der Waals surface area contributed by atoms with Crippen molar-refractivity contribution in [2.24, 2.45) is 0 Å². The van der Waals surface area contributed by atoms with Crippen LogP contribution in [0.1, 0.15) is 51.6 Å². The second-order valence-electron chi connectivity index (χ2n) is 10.4. The first-order valence-corrected chi connectivity index (χ1v) is 13.8. The van der Waals surface area contributed by atoms with Gasteiger partial charge < -0.3 is 19.0 Å². The van der Waals surface area contributed by atoms with Crippen molar-refractivity contribution < 1.29 is 13.9 Å². The molecule has 1 saturated heterocycles. The van der Waals surface area contributed by atoms with E-state index in [1.165, 1.54) is 12.1 Å². The molecule has 164 valence electrons. The second-order valence-corrected chi connectivity index (χ2v) is 15.2.